The predicted octanol–water partition coefficient (Wildman–Crippen LogP) is 1.47. The molecule has 0 saturated carbocycles. The van der Waals surface area contributed by atoms with E-state index in [1.165, 1.54) is 11.1 Å². The summed E-state index contributed by atoms with van der Waals surface area (Å²) in [6.45, 7) is 1.80. The lowest BCUT2D eigenvalue weighted by Gasteiger charge is -2.07. The van der Waals surface area contributed by atoms with Crippen LogP contribution in [0.25, 0.3) is 0 Å². The molecule has 18 heavy (non-hydrogen) atoms. The van der Waals surface area contributed by atoms with Crippen LogP contribution in [0.1, 0.15) is 17.0 Å². The minimum absolute atomic E-state index is 0.00907. The van der Waals surface area contributed by atoms with Gasteiger partial charge in [-0.05, 0) is 30.9 Å². The van der Waals surface area contributed by atoms with E-state index < -0.39 is 0 Å². The number of hydrogen-bond acceptors (Lipinski definition) is 3. The minimum atomic E-state index is -0.0128. The Kier molecular flexibility index (Phi) is 2.59. The van der Waals surface area contributed by atoms with Crippen molar-refractivity contribution in [2.75, 3.05) is 5.32 Å². The number of nitrogens with one attached hydrogen (secondary N) is 2. The van der Waals surface area contributed by atoms with E-state index in [9.17, 15) is 4.79 Å². The maximum atomic E-state index is 12.1. The lowest BCUT2D eigenvalue weighted by atomic mass is 10.1. The zero-order valence-electron chi connectivity index (χ0n) is 10.1. The van der Waals surface area contributed by atoms with Crippen LogP contribution in [0, 0.1) is 12.8 Å². The fourth-order valence-corrected chi connectivity index (χ4v) is 2.36. The van der Waals surface area contributed by atoms with Crippen molar-refractivity contribution < 1.29 is 4.79 Å². The highest BCUT2D eigenvalue weighted by atomic mass is 16.2. The van der Waals surface area contributed by atoms with E-state index in [2.05, 4.69) is 32.6 Å². The van der Waals surface area contributed by atoms with E-state index in [-0.39, 0.29) is 11.8 Å². The Bertz CT molecular complexity index is 565. The smallest absolute Gasteiger partial charge is 0.248 e. The highest BCUT2D eigenvalue weighted by Gasteiger charge is 2.27. The summed E-state index contributed by atoms with van der Waals surface area (Å²) in [5.74, 6) is 1.03. The third-order valence-electron chi connectivity index (χ3n) is 3.25. The first-order valence-corrected chi connectivity index (χ1v) is 5.99. The van der Waals surface area contributed by atoms with Crippen molar-refractivity contribution in [2.24, 2.45) is 5.92 Å². The Morgan fingerprint density at radius 2 is 2.00 bits per heavy atom. The summed E-state index contributed by atoms with van der Waals surface area (Å²) >= 11 is 0. The van der Waals surface area contributed by atoms with Crippen LogP contribution in [-0.4, -0.2) is 21.1 Å². The monoisotopic (exact) mass is 242 g/mol. The summed E-state index contributed by atoms with van der Waals surface area (Å²) in [6, 6.07) is 8.19. The molecular formula is C13H14N4O. The third-order valence-corrected chi connectivity index (χ3v) is 3.25. The van der Waals surface area contributed by atoms with Gasteiger partial charge in [0, 0.05) is 5.92 Å². The lowest BCUT2D eigenvalue weighted by molar-refractivity contribution is -0.119. The first-order valence-electron chi connectivity index (χ1n) is 5.99. The molecule has 5 nitrogen and oxygen atoms in total. The van der Waals surface area contributed by atoms with E-state index in [1.54, 1.807) is 6.92 Å². The molecule has 1 amide bonds. The molecule has 1 aliphatic carbocycles. The maximum Gasteiger partial charge on any atom is 0.248 e. The van der Waals surface area contributed by atoms with Gasteiger partial charge in [-0.15, -0.1) is 5.10 Å². The zero-order valence-corrected chi connectivity index (χ0v) is 10.1. The summed E-state index contributed by atoms with van der Waals surface area (Å²) in [6.07, 6.45) is 1.59. The van der Waals surface area contributed by atoms with E-state index >= 15 is 0 Å². The predicted molar refractivity (Wildman–Crippen MR) is 67.1 cm³/mol. The Balaban J connectivity index is 1.69. The number of H-pyrrole nitrogens is 1. The number of anilines is 1. The van der Waals surface area contributed by atoms with Gasteiger partial charge in [-0.3, -0.25) is 15.2 Å². The molecule has 0 unspecified atom stereocenters. The molecule has 5 heteroatoms. The Morgan fingerprint density at radius 3 is 2.56 bits per heavy atom. The topological polar surface area (TPSA) is 70.7 Å². The van der Waals surface area contributed by atoms with Crippen molar-refractivity contribution in [3.63, 3.8) is 0 Å². The summed E-state index contributed by atoms with van der Waals surface area (Å²) < 4.78 is 0. The number of rotatable bonds is 2. The average molecular weight is 242 g/mol. The molecule has 0 radical (unpaired) electrons. The second kappa shape index (κ2) is 4.25. The standard InChI is InChI=1S/C13H14N4O/c1-8-14-13(17-16-8)15-12(18)11-6-9-4-2-3-5-10(9)7-11/h2-5,11H,6-7H2,1H3,(H2,14,15,16,17,18). The fraction of sp³-hybridized carbons (Fsp3) is 0.308. The normalized spacial score (nSPS) is 14.5. The van der Waals surface area contributed by atoms with E-state index in [0.717, 1.165) is 12.8 Å². The average Bonchev–Trinajstić information content (AvgIpc) is 2.95. The molecule has 1 aliphatic rings. The quantitative estimate of drug-likeness (QED) is 0.837. The number of carbonyl (C=O) groups excluding carboxylic acids is 1. The van der Waals surface area contributed by atoms with Crippen LogP contribution in [0.15, 0.2) is 24.3 Å². The summed E-state index contributed by atoms with van der Waals surface area (Å²) in [7, 11) is 0. The Labute approximate surface area is 105 Å². The molecule has 2 aromatic rings. The van der Waals surface area contributed by atoms with Crippen molar-refractivity contribution in [2.45, 2.75) is 19.8 Å². The minimum Gasteiger partial charge on any atom is -0.293 e. The van der Waals surface area contributed by atoms with Gasteiger partial charge >= 0.3 is 0 Å². The number of hydrogen-bond donors (Lipinski definition) is 2. The summed E-state index contributed by atoms with van der Waals surface area (Å²) in [5.41, 5.74) is 2.53. The van der Waals surface area contributed by atoms with Crippen molar-refractivity contribution >= 4 is 11.9 Å². The molecule has 0 bridgehead atoms. The number of aromatic amines is 1. The zero-order chi connectivity index (χ0) is 12.5. The van der Waals surface area contributed by atoms with Crippen molar-refractivity contribution in [1.29, 1.82) is 0 Å². The molecule has 2 N–H and O–H groups in total. The molecule has 3 rings (SSSR count). The molecule has 1 aromatic heterocycles. The van der Waals surface area contributed by atoms with Gasteiger partial charge in [0.2, 0.25) is 11.9 Å². The van der Waals surface area contributed by atoms with Crippen LogP contribution in [0.4, 0.5) is 5.95 Å². The van der Waals surface area contributed by atoms with Gasteiger partial charge in [-0.25, -0.2) is 0 Å². The third kappa shape index (κ3) is 1.99. The van der Waals surface area contributed by atoms with Crippen LogP contribution in [0.2, 0.25) is 0 Å². The van der Waals surface area contributed by atoms with Crippen LogP contribution in [-0.2, 0) is 17.6 Å². The highest BCUT2D eigenvalue weighted by Crippen LogP contribution is 2.27. The SMILES string of the molecule is Cc1nc(NC(=O)C2Cc3ccccc3C2)n[nH]1. The number of amides is 1. The van der Waals surface area contributed by atoms with Gasteiger partial charge in [0.05, 0.1) is 0 Å². The number of aryl methyl sites for hydroxylation is 1. The van der Waals surface area contributed by atoms with Crippen LogP contribution >= 0.6 is 0 Å². The molecule has 0 spiro atoms. The highest BCUT2D eigenvalue weighted by molar-refractivity contribution is 5.91. The lowest BCUT2D eigenvalue weighted by Crippen LogP contribution is -2.23. The molecule has 92 valence electrons. The van der Waals surface area contributed by atoms with Gasteiger partial charge in [-0.2, -0.15) is 4.98 Å². The second-order valence-electron chi connectivity index (χ2n) is 4.61. The van der Waals surface area contributed by atoms with E-state index in [1.807, 2.05) is 12.1 Å². The molecule has 0 fully saturated rings. The molecule has 1 heterocycles. The second-order valence-corrected chi connectivity index (χ2v) is 4.61. The fourth-order valence-electron chi connectivity index (χ4n) is 2.36. The van der Waals surface area contributed by atoms with Crippen LogP contribution in [0.3, 0.4) is 0 Å². The summed E-state index contributed by atoms with van der Waals surface area (Å²) in [4.78, 5) is 16.2. The van der Waals surface area contributed by atoms with E-state index in [4.69, 9.17) is 0 Å². The number of benzene rings is 1. The molecule has 0 saturated heterocycles. The Hall–Kier alpha value is -2.17. The van der Waals surface area contributed by atoms with Gasteiger partial charge < -0.3 is 0 Å². The van der Waals surface area contributed by atoms with Crippen molar-refractivity contribution in [1.82, 2.24) is 15.2 Å². The molecule has 0 aliphatic heterocycles. The molecular weight excluding hydrogens is 228 g/mol. The first kappa shape index (κ1) is 11.0. The number of fused-ring (bicyclic) bond motifs is 1. The maximum absolute atomic E-state index is 12.1. The van der Waals surface area contributed by atoms with Crippen LogP contribution < -0.4 is 5.32 Å². The van der Waals surface area contributed by atoms with E-state index in [0.29, 0.717) is 11.8 Å². The largest absolute Gasteiger partial charge is 0.293 e. The van der Waals surface area contributed by atoms with Crippen molar-refractivity contribution in [3.05, 3.63) is 41.2 Å². The van der Waals surface area contributed by atoms with Gasteiger partial charge in [0.25, 0.3) is 0 Å². The molecule has 0 atom stereocenters. The Morgan fingerprint density at radius 1 is 1.33 bits per heavy atom. The van der Waals surface area contributed by atoms with Gasteiger partial charge in [0.15, 0.2) is 0 Å². The van der Waals surface area contributed by atoms with Crippen LogP contribution in [0.5, 0.6) is 0 Å². The summed E-state index contributed by atoms with van der Waals surface area (Å²) in [5, 5.41) is 9.36. The van der Waals surface area contributed by atoms with Crippen molar-refractivity contribution in [3.8, 4) is 0 Å². The van der Waals surface area contributed by atoms with Gasteiger partial charge in [0.1, 0.15) is 5.82 Å². The number of aromatic nitrogens is 3. The molecule has 1 aromatic carbocycles. The first-order chi connectivity index (χ1) is 8.72. The number of carbonyl (C=O) groups is 1. The van der Waals surface area contributed by atoms with Gasteiger partial charge in [-0.1, -0.05) is 24.3 Å². The number of nitrogens with zero attached hydrogens (tertiary/aromatic N) is 2.